The molecule has 0 spiro atoms. The maximum absolute atomic E-state index is 13.3. The zero-order chi connectivity index (χ0) is 24.4. The highest BCUT2D eigenvalue weighted by atomic mass is 16.5. The van der Waals surface area contributed by atoms with Gasteiger partial charge in [0.15, 0.2) is 0 Å². The Morgan fingerprint density at radius 1 is 0.912 bits per heavy atom. The molecule has 2 heterocycles. The molecular formula is C25H22N2O7. The molecule has 0 aromatic heterocycles. The number of rotatable bonds is 7. The molecule has 2 aliphatic rings. The molecule has 0 unspecified atom stereocenters. The van der Waals surface area contributed by atoms with E-state index < -0.39 is 54.2 Å². The molecule has 2 aromatic rings. The molecule has 0 saturated carbocycles. The Bertz CT molecular complexity index is 1160. The van der Waals surface area contributed by atoms with Gasteiger partial charge in [0.2, 0.25) is 5.91 Å². The van der Waals surface area contributed by atoms with Crippen LogP contribution in [-0.2, 0) is 23.9 Å². The Balaban J connectivity index is 1.72. The van der Waals surface area contributed by atoms with E-state index in [0.717, 1.165) is 22.5 Å². The second-order valence-corrected chi connectivity index (χ2v) is 7.80. The number of methoxy groups -OCH3 is 2. The van der Waals surface area contributed by atoms with E-state index in [0.29, 0.717) is 0 Å². The number of fused-ring (bicyclic) bond motifs is 1. The lowest BCUT2D eigenvalue weighted by atomic mass is 9.89. The third-order valence-electron chi connectivity index (χ3n) is 5.94. The zero-order valence-electron chi connectivity index (χ0n) is 18.5. The molecule has 0 radical (unpaired) electrons. The van der Waals surface area contributed by atoms with Gasteiger partial charge in [0.25, 0.3) is 11.8 Å². The lowest BCUT2D eigenvalue weighted by Crippen LogP contribution is -2.74. The summed E-state index contributed by atoms with van der Waals surface area (Å²) < 4.78 is 9.49. The van der Waals surface area contributed by atoms with Gasteiger partial charge in [-0.25, -0.2) is 4.79 Å². The highest BCUT2D eigenvalue weighted by molar-refractivity contribution is 6.23. The molecule has 9 heteroatoms. The minimum absolute atomic E-state index is 0.212. The standard InChI is InChI=1S/C25H22N2O7/c1-33-20(28)14-19(25(32)34-2)26-18(13-12-15-8-4-3-5-9-15)21(24(26)31)27-22(29)16-10-6-7-11-17(16)23(27)30/h3-13,18-19,21H,14H2,1-2H3/b13-12+/t18-,19-,21+/m1/s1. The summed E-state index contributed by atoms with van der Waals surface area (Å²) in [5.74, 6) is -3.33. The Morgan fingerprint density at radius 2 is 1.50 bits per heavy atom. The molecule has 3 amide bonds. The average Bonchev–Trinajstić information content (AvgIpc) is 3.11. The molecule has 0 bridgehead atoms. The number of hydrogen-bond acceptors (Lipinski definition) is 7. The van der Waals surface area contributed by atoms with Crippen LogP contribution in [0.25, 0.3) is 6.08 Å². The van der Waals surface area contributed by atoms with Crippen LogP contribution in [0.4, 0.5) is 0 Å². The third-order valence-corrected chi connectivity index (χ3v) is 5.94. The van der Waals surface area contributed by atoms with E-state index in [1.165, 1.54) is 19.2 Å². The van der Waals surface area contributed by atoms with Gasteiger partial charge in [0.05, 0.1) is 37.8 Å². The van der Waals surface area contributed by atoms with Crippen molar-refractivity contribution in [2.75, 3.05) is 14.2 Å². The number of likely N-dealkylation sites (tertiary alicyclic amines) is 1. The van der Waals surface area contributed by atoms with Crippen molar-refractivity contribution < 1.29 is 33.4 Å². The van der Waals surface area contributed by atoms with Gasteiger partial charge in [-0.3, -0.25) is 24.1 Å². The van der Waals surface area contributed by atoms with Crippen molar-refractivity contribution in [3.63, 3.8) is 0 Å². The minimum atomic E-state index is -1.28. The second kappa shape index (κ2) is 9.30. The number of esters is 2. The number of benzene rings is 2. The molecule has 0 aliphatic carbocycles. The maximum atomic E-state index is 13.3. The first-order chi connectivity index (χ1) is 16.4. The highest BCUT2D eigenvalue weighted by Crippen LogP contribution is 2.36. The largest absolute Gasteiger partial charge is 0.469 e. The Hall–Kier alpha value is -4.27. The van der Waals surface area contributed by atoms with Crippen molar-refractivity contribution in [1.82, 2.24) is 9.80 Å². The van der Waals surface area contributed by atoms with Crippen LogP contribution in [-0.4, -0.2) is 71.8 Å². The van der Waals surface area contributed by atoms with Gasteiger partial charge in [-0.15, -0.1) is 0 Å². The number of β-lactam (4-membered cyclic amide) rings is 1. The Kier molecular flexibility index (Phi) is 6.27. The summed E-state index contributed by atoms with van der Waals surface area (Å²) in [6.07, 6.45) is 2.93. The number of carbonyl (C=O) groups is 5. The molecule has 4 rings (SSSR count). The van der Waals surface area contributed by atoms with Crippen molar-refractivity contribution in [1.29, 1.82) is 0 Å². The van der Waals surface area contributed by atoms with E-state index in [9.17, 15) is 24.0 Å². The molecule has 3 atom stereocenters. The summed E-state index contributed by atoms with van der Waals surface area (Å²) in [6, 6.07) is 12.2. The number of ether oxygens (including phenoxy) is 2. The third kappa shape index (κ3) is 3.85. The molecular weight excluding hydrogens is 440 g/mol. The fourth-order valence-electron chi connectivity index (χ4n) is 4.25. The SMILES string of the molecule is COC(=O)C[C@H](C(=O)OC)N1C(=O)[C@@H](N2C(=O)c3ccccc3C2=O)[C@H]1/C=C/c1ccccc1. The summed E-state index contributed by atoms with van der Waals surface area (Å²) in [4.78, 5) is 66.0. The van der Waals surface area contributed by atoms with Crippen LogP contribution in [0.1, 0.15) is 32.7 Å². The molecule has 2 aliphatic heterocycles. The summed E-state index contributed by atoms with van der Waals surface area (Å²) in [7, 11) is 2.32. The van der Waals surface area contributed by atoms with Crippen molar-refractivity contribution >= 4 is 35.7 Å². The number of carbonyl (C=O) groups excluding carboxylic acids is 5. The topological polar surface area (TPSA) is 110 Å². The number of amides is 3. The van der Waals surface area contributed by atoms with Crippen LogP contribution in [0.3, 0.4) is 0 Å². The van der Waals surface area contributed by atoms with Crippen molar-refractivity contribution in [3.8, 4) is 0 Å². The van der Waals surface area contributed by atoms with Crippen LogP contribution >= 0.6 is 0 Å². The van der Waals surface area contributed by atoms with Crippen molar-refractivity contribution in [3.05, 3.63) is 77.4 Å². The molecule has 2 aromatic carbocycles. The molecule has 0 N–H and O–H groups in total. The van der Waals surface area contributed by atoms with Gasteiger partial charge >= 0.3 is 11.9 Å². The van der Waals surface area contributed by atoms with Crippen LogP contribution in [0.5, 0.6) is 0 Å². The van der Waals surface area contributed by atoms with Crippen LogP contribution in [0.15, 0.2) is 60.7 Å². The maximum Gasteiger partial charge on any atom is 0.329 e. The number of nitrogens with zero attached hydrogens (tertiary/aromatic N) is 2. The summed E-state index contributed by atoms with van der Waals surface area (Å²) in [5.41, 5.74) is 1.23. The molecule has 1 fully saturated rings. The second-order valence-electron chi connectivity index (χ2n) is 7.80. The summed E-state index contributed by atoms with van der Waals surface area (Å²) in [6.45, 7) is 0. The van der Waals surface area contributed by atoms with Crippen LogP contribution in [0.2, 0.25) is 0 Å². The van der Waals surface area contributed by atoms with Gasteiger partial charge in [-0.2, -0.15) is 0 Å². The van der Waals surface area contributed by atoms with Crippen LogP contribution < -0.4 is 0 Å². The molecule has 9 nitrogen and oxygen atoms in total. The smallest absolute Gasteiger partial charge is 0.329 e. The number of hydrogen-bond donors (Lipinski definition) is 0. The summed E-state index contributed by atoms with van der Waals surface area (Å²) >= 11 is 0. The van der Waals surface area contributed by atoms with E-state index in [-0.39, 0.29) is 11.1 Å². The highest BCUT2D eigenvalue weighted by Gasteiger charge is 2.58. The Labute approximate surface area is 195 Å². The monoisotopic (exact) mass is 462 g/mol. The van der Waals surface area contributed by atoms with Gasteiger partial charge < -0.3 is 14.4 Å². The van der Waals surface area contributed by atoms with Gasteiger partial charge in [0.1, 0.15) is 12.1 Å². The minimum Gasteiger partial charge on any atom is -0.469 e. The van der Waals surface area contributed by atoms with Gasteiger partial charge in [-0.05, 0) is 17.7 Å². The first-order valence-electron chi connectivity index (χ1n) is 10.6. The summed E-state index contributed by atoms with van der Waals surface area (Å²) in [5, 5.41) is 0. The lowest BCUT2D eigenvalue weighted by Gasteiger charge is -2.50. The number of imide groups is 1. The normalized spacial score (nSPS) is 20.2. The zero-order valence-corrected chi connectivity index (χ0v) is 18.5. The van der Waals surface area contributed by atoms with E-state index in [1.807, 2.05) is 30.3 Å². The van der Waals surface area contributed by atoms with Gasteiger partial charge in [0, 0.05) is 0 Å². The predicted molar refractivity (Wildman–Crippen MR) is 119 cm³/mol. The van der Waals surface area contributed by atoms with E-state index in [1.54, 1.807) is 24.3 Å². The van der Waals surface area contributed by atoms with E-state index in [4.69, 9.17) is 4.74 Å². The molecule has 1 saturated heterocycles. The van der Waals surface area contributed by atoms with Crippen molar-refractivity contribution in [2.24, 2.45) is 0 Å². The van der Waals surface area contributed by atoms with Crippen molar-refractivity contribution in [2.45, 2.75) is 24.5 Å². The molecule has 174 valence electrons. The average molecular weight is 462 g/mol. The van der Waals surface area contributed by atoms with Crippen LogP contribution in [0, 0.1) is 0 Å². The fraction of sp³-hybridized carbons (Fsp3) is 0.240. The van der Waals surface area contributed by atoms with E-state index in [2.05, 4.69) is 4.74 Å². The fourth-order valence-corrected chi connectivity index (χ4v) is 4.25. The first kappa shape index (κ1) is 22.9. The predicted octanol–water partition coefficient (Wildman–Crippen LogP) is 1.68. The van der Waals surface area contributed by atoms with Gasteiger partial charge in [-0.1, -0.05) is 54.6 Å². The Morgan fingerprint density at radius 3 is 2.06 bits per heavy atom. The lowest BCUT2D eigenvalue weighted by molar-refractivity contribution is -0.170. The molecule has 34 heavy (non-hydrogen) atoms. The quantitative estimate of drug-likeness (QED) is 0.350. The first-order valence-corrected chi connectivity index (χ1v) is 10.6. The van der Waals surface area contributed by atoms with E-state index >= 15 is 0 Å².